The van der Waals surface area contributed by atoms with E-state index in [4.69, 9.17) is 14.7 Å². The van der Waals surface area contributed by atoms with Crippen molar-refractivity contribution in [3.8, 4) is 23.2 Å². The molecular formula is C18H18FN7O2. The molecule has 0 radical (unpaired) electrons. The summed E-state index contributed by atoms with van der Waals surface area (Å²) in [5, 5.41) is 16.6. The lowest BCUT2D eigenvalue weighted by Gasteiger charge is -2.28. The highest BCUT2D eigenvalue weighted by Gasteiger charge is 2.22. The summed E-state index contributed by atoms with van der Waals surface area (Å²) in [7, 11) is 3.20. The van der Waals surface area contributed by atoms with E-state index in [1.807, 2.05) is 11.0 Å². The average molecular weight is 383 g/mol. The molecule has 3 aromatic heterocycles. The molecule has 0 saturated carbocycles. The van der Waals surface area contributed by atoms with E-state index >= 15 is 0 Å². The minimum atomic E-state index is -0.622. The van der Waals surface area contributed by atoms with Gasteiger partial charge in [-0.15, -0.1) is 5.10 Å². The highest BCUT2D eigenvalue weighted by atomic mass is 19.1. The average Bonchev–Trinajstić information content (AvgIpc) is 3.15. The number of ether oxygens (including phenoxy) is 2. The fourth-order valence-corrected chi connectivity index (χ4v) is 3.14. The van der Waals surface area contributed by atoms with Crippen LogP contribution in [-0.2, 0) is 4.74 Å². The Kier molecular flexibility index (Phi) is 4.67. The number of fused-ring (bicyclic) bond motifs is 1. The zero-order chi connectivity index (χ0) is 19.7. The van der Waals surface area contributed by atoms with Crippen LogP contribution in [0.3, 0.4) is 0 Å². The Morgan fingerprint density at radius 1 is 1.32 bits per heavy atom. The molecular weight excluding hydrogens is 365 g/mol. The minimum absolute atomic E-state index is 0.0569. The molecule has 0 bridgehead atoms. The number of nitrogens with zero attached hydrogens (tertiary/aromatic N) is 6. The number of methoxy groups -OCH3 is 1. The van der Waals surface area contributed by atoms with Gasteiger partial charge in [0.15, 0.2) is 23.0 Å². The van der Waals surface area contributed by atoms with Crippen LogP contribution in [0.25, 0.3) is 17.0 Å². The fourth-order valence-electron chi connectivity index (χ4n) is 3.14. The lowest BCUT2D eigenvalue weighted by atomic mass is 10.2. The molecule has 4 rings (SSSR count). The molecule has 3 aromatic rings. The molecule has 0 aliphatic carbocycles. The SMILES string of the molecule is CNc1nc(-c2cnc3cc(OC)c(N4CCOCC4)nn23)c(F)cc1C#N. The molecule has 0 unspecified atom stereocenters. The van der Waals surface area contributed by atoms with E-state index in [-0.39, 0.29) is 17.1 Å². The number of nitriles is 1. The van der Waals surface area contributed by atoms with Crippen molar-refractivity contribution in [3.63, 3.8) is 0 Å². The predicted octanol–water partition coefficient (Wildman–Crippen LogP) is 1.69. The van der Waals surface area contributed by atoms with Crippen LogP contribution < -0.4 is 15.0 Å². The number of morpholine rings is 1. The van der Waals surface area contributed by atoms with Gasteiger partial charge in [0, 0.05) is 26.2 Å². The number of pyridine rings is 1. The van der Waals surface area contributed by atoms with Crippen molar-refractivity contribution in [2.45, 2.75) is 0 Å². The Hall–Kier alpha value is -3.45. The lowest BCUT2D eigenvalue weighted by molar-refractivity contribution is 0.122. The zero-order valence-corrected chi connectivity index (χ0v) is 15.4. The molecule has 4 heterocycles. The Bertz CT molecular complexity index is 1070. The lowest BCUT2D eigenvalue weighted by Crippen LogP contribution is -2.37. The van der Waals surface area contributed by atoms with Gasteiger partial charge < -0.3 is 19.7 Å². The maximum atomic E-state index is 14.7. The van der Waals surface area contributed by atoms with Crippen LogP contribution in [0.15, 0.2) is 18.3 Å². The molecule has 10 heteroatoms. The van der Waals surface area contributed by atoms with Crippen molar-refractivity contribution >= 4 is 17.3 Å². The number of imidazole rings is 1. The zero-order valence-electron chi connectivity index (χ0n) is 15.4. The molecule has 0 amide bonds. The first-order valence-corrected chi connectivity index (χ1v) is 8.70. The van der Waals surface area contributed by atoms with Gasteiger partial charge in [-0.1, -0.05) is 0 Å². The second-order valence-electron chi connectivity index (χ2n) is 6.13. The second kappa shape index (κ2) is 7.28. The second-order valence-corrected chi connectivity index (χ2v) is 6.13. The monoisotopic (exact) mass is 383 g/mol. The molecule has 1 fully saturated rings. The number of halogens is 1. The number of nitrogens with one attached hydrogen (secondary N) is 1. The quantitative estimate of drug-likeness (QED) is 0.726. The van der Waals surface area contributed by atoms with Crippen LogP contribution in [0.5, 0.6) is 5.75 Å². The highest BCUT2D eigenvalue weighted by molar-refractivity contribution is 5.67. The van der Waals surface area contributed by atoms with Gasteiger partial charge in [-0.25, -0.2) is 18.9 Å². The van der Waals surface area contributed by atoms with E-state index in [0.717, 1.165) is 6.07 Å². The predicted molar refractivity (Wildman–Crippen MR) is 100 cm³/mol. The molecule has 1 aliphatic heterocycles. The van der Waals surface area contributed by atoms with E-state index in [9.17, 15) is 4.39 Å². The van der Waals surface area contributed by atoms with E-state index in [1.54, 1.807) is 20.2 Å². The number of aromatic nitrogens is 4. The first kappa shape index (κ1) is 17.9. The van der Waals surface area contributed by atoms with E-state index in [0.29, 0.717) is 49.2 Å². The standard InChI is InChI=1S/C18H18FN7O2/c1-21-17-11(9-20)7-12(19)16(23-17)13-10-22-15-8-14(27-2)18(24-26(13)15)25-3-5-28-6-4-25/h7-8,10H,3-6H2,1-2H3,(H,21,23). The Morgan fingerprint density at radius 3 is 2.79 bits per heavy atom. The molecule has 1 saturated heterocycles. The molecule has 9 nitrogen and oxygen atoms in total. The van der Waals surface area contributed by atoms with Crippen LogP contribution in [-0.4, -0.2) is 60.0 Å². The topological polar surface area (TPSA) is 101 Å². The largest absolute Gasteiger partial charge is 0.493 e. The van der Waals surface area contributed by atoms with Crippen molar-refractivity contribution in [1.29, 1.82) is 5.26 Å². The molecule has 0 atom stereocenters. The van der Waals surface area contributed by atoms with Gasteiger partial charge in [0.25, 0.3) is 0 Å². The van der Waals surface area contributed by atoms with Gasteiger partial charge >= 0.3 is 0 Å². The van der Waals surface area contributed by atoms with Gasteiger partial charge in [0.1, 0.15) is 23.3 Å². The molecule has 28 heavy (non-hydrogen) atoms. The number of hydrogen-bond acceptors (Lipinski definition) is 8. The van der Waals surface area contributed by atoms with Crippen LogP contribution in [0.1, 0.15) is 5.56 Å². The van der Waals surface area contributed by atoms with Crippen molar-refractivity contribution < 1.29 is 13.9 Å². The smallest absolute Gasteiger partial charge is 0.192 e. The Balaban J connectivity index is 1.88. The summed E-state index contributed by atoms with van der Waals surface area (Å²) in [5.41, 5.74) is 1.06. The summed E-state index contributed by atoms with van der Waals surface area (Å²) in [6, 6.07) is 4.83. The Labute approximate surface area is 160 Å². The van der Waals surface area contributed by atoms with Crippen LogP contribution >= 0.6 is 0 Å². The summed E-state index contributed by atoms with van der Waals surface area (Å²) >= 11 is 0. The third kappa shape index (κ3) is 2.95. The van der Waals surface area contributed by atoms with E-state index in [2.05, 4.69) is 20.4 Å². The van der Waals surface area contributed by atoms with E-state index < -0.39 is 5.82 Å². The van der Waals surface area contributed by atoms with Crippen molar-refractivity contribution in [3.05, 3.63) is 29.7 Å². The maximum absolute atomic E-state index is 14.7. The van der Waals surface area contributed by atoms with Crippen molar-refractivity contribution in [1.82, 2.24) is 19.6 Å². The van der Waals surface area contributed by atoms with E-state index in [1.165, 1.54) is 10.7 Å². The third-order valence-electron chi connectivity index (χ3n) is 4.55. The summed E-state index contributed by atoms with van der Waals surface area (Å²) < 4.78 is 27.1. The third-order valence-corrected chi connectivity index (χ3v) is 4.55. The number of anilines is 2. The first-order chi connectivity index (χ1) is 13.7. The molecule has 0 aromatic carbocycles. The summed E-state index contributed by atoms with van der Waals surface area (Å²) in [6.45, 7) is 2.53. The normalized spacial score (nSPS) is 14.1. The van der Waals surface area contributed by atoms with Gasteiger partial charge in [-0.2, -0.15) is 5.26 Å². The molecule has 1 N–H and O–H groups in total. The summed E-state index contributed by atoms with van der Waals surface area (Å²) in [4.78, 5) is 10.6. The summed E-state index contributed by atoms with van der Waals surface area (Å²) in [5.74, 6) is 0.870. The summed E-state index contributed by atoms with van der Waals surface area (Å²) in [6.07, 6.45) is 1.50. The first-order valence-electron chi connectivity index (χ1n) is 8.70. The number of rotatable bonds is 4. The molecule has 1 aliphatic rings. The maximum Gasteiger partial charge on any atom is 0.192 e. The minimum Gasteiger partial charge on any atom is -0.493 e. The fraction of sp³-hybridized carbons (Fsp3) is 0.333. The van der Waals surface area contributed by atoms with Crippen LogP contribution in [0.4, 0.5) is 16.0 Å². The van der Waals surface area contributed by atoms with Crippen molar-refractivity contribution in [2.75, 3.05) is 50.7 Å². The van der Waals surface area contributed by atoms with Gasteiger partial charge in [-0.05, 0) is 6.07 Å². The van der Waals surface area contributed by atoms with Crippen LogP contribution in [0, 0.1) is 17.1 Å². The van der Waals surface area contributed by atoms with Crippen molar-refractivity contribution in [2.24, 2.45) is 0 Å². The highest BCUT2D eigenvalue weighted by Crippen LogP contribution is 2.31. The Morgan fingerprint density at radius 2 is 2.11 bits per heavy atom. The van der Waals surface area contributed by atoms with Crippen LogP contribution in [0.2, 0.25) is 0 Å². The van der Waals surface area contributed by atoms with Gasteiger partial charge in [-0.3, -0.25) is 0 Å². The molecule has 144 valence electrons. The van der Waals surface area contributed by atoms with Gasteiger partial charge in [0.05, 0.1) is 32.1 Å². The molecule has 0 spiro atoms. The van der Waals surface area contributed by atoms with Gasteiger partial charge in [0.2, 0.25) is 0 Å². The number of hydrogen-bond donors (Lipinski definition) is 1.